The van der Waals surface area contributed by atoms with Gasteiger partial charge in [0.2, 0.25) is 5.95 Å². The highest BCUT2D eigenvalue weighted by Crippen LogP contribution is 2.26. The van der Waals surface area contributed by atoms with Crippen molar-refractivity contribution in [2.45, 2.75) is 64.8 Å². The van der Waals surface area contributed by atoms with Crippen molar-refractivity contribution in [3.63, 3.8) is 0 Å². The van der Waals surface area contributed by atoms with Gasteiger partial charge in [-0.05, 0) is 50.5 Å². The Morgan fingerprint density at radius 1 is 1.12 bits per heavy atom. The summed E-state index contributed by atoms with van der Waals surface area (Å²) >= 11 is 0. The van der Waals surface area contributed by atoms with E-state index in [1.165, 1.54) is 5.56 Å². The first-order valence-electron chi connectivity index (χ1n) is 11.6. The molecule has 7 heteroatoms. The second-order valence-electron chi connectivity index (χ2n) is 9.23. The van der Waals surface area contributed by atoms with Crippen molar-refractivity contribution in [1.29, 1.82) is 0 Å². The lowest BCUT2D eigenvalue weighted by molar-refractivity contribution is -0.117. The quantitative estimate of drug-likeness (QED) is 0.651. The molecule has 0 spiro atoms. The molecule has 32 heavy (non-hydrogen) atoms. The first-order chi connectivity index (χ1) is 15.4. The van der Waals surface area contributed by atoms with Crippen LogP contribution >= 0.6 is 0 Å². The predicted octanol–water partition coefficient (Wildman–Crippen LogP) is 3.83. The molecule has 3 heterocycles. The van der Waals surface area contributed by atoms with E-state index in [0.717, 1.165) is 50.1 Å². The molecule has 172 valence electrons. The van der Waals surface area contributed by atoms with Crippen LogP contribution in [0.1, 0.15) is 52.0 Å². The van der Waals surface area contributed by atoms with E-state index in [0.29, 0.717) is 6.42 Å². The number of anilines is 2. The van der Waals surface area contributed by atoms with Crippen LogP contribution in [0.2, 0.25) is 0 Å². The van der Waals surface area contributed by atoms with Crippen LogP contribution < -0.4 is 14.5 Å². The molecule has 0 bridgehead atoms. The van der Waals surface area contributed by atoms with Crippen molar-refractivity contribution in [2.24, 2.45) is 0 Å². The van der Waals surface area contributed by atoms with Crippen LogP contribution in [0.4, 0.5) is 11.8 Å². The Hall–Kier alpha value is -2.67. The molecule has 0 amide bonds. The molecule has 4 rings (SSSR count). The number of ether oxygens (including phenoxy) is 2. The van der Waals surface area contributed by atoms with Crippen LogP contribution in [-0.4, -0.2) is 60.2 Å². The largest absolute Gasteiger partial charge is 0.489 e. The molecule has 2 saturated heterocycles. The number of benzene rings is 1. The summed E-state index contributed by atoms with van der Waals surface area (Å²) in [5.41, 5.74) is 1.17. The summed E-state index contributed by atoms with van der Waals surface area (Å²) in [6.45, 7) is 11.2. The molecule has 2 fully saturated rings. The molecular weight excluding hydrogens is 404 g/mol. The van der Waals surface area contributed by atoms with Gasteiger partial charge in [0.15, 0.2) is 0 Å². The normalized spacial score (nSPS) is 24.4. The summed E-state index contributed by atoms with van der Waals surface area (Å²) in [5.74, 6) is 3.03. The van der Waals surface area contributed by atoms with E-state index >= 15 is 0 Å². The maximum atomic E-state index is 11.4. The molecule has 0 radical (unpaired) electrons. The van der Waals surface area contributed by atoms with Crippen LogP contribution in [0.15, 0.2) is 36.5 Å². The van der Waals surface area contributed by atoms with E-state index in [4.69, 9.17) is 14.5 Å². The average molecular weight is 439 g/mol. The molecule has 4 atom stereocenters. The fraction of sp³-hybridized carbons (Fsp3) is 0.560. The van der Waals surface area contributed by atoms with Gasteiger partial charge in [-0.2, -0.15) is 4.98 Å². The SMILES string of the molecule is CC(=O)C[C@@H](C)c1ccc(O[C@@H]2CCN(c3ccnc(N4C[C@@H](C)O[C@@H](C)C4)n3)C2)cc1. The number of carbonyl (C=O) groups is 1. The summed E-state index contributed by atoms with van der Waals surface area (Å²) in [5, 5.41) is 0. The van der Waals surface area contributed by atoms with E-state index in [-0.39, 0.29) is 30.0 Å². The molecule has 0 N–H and O–H groups in total. The van der Waals surface area contributed by atoms with E-state index in [1.807, 2.05) is 24.4 Å². The summed E-state index contributed by atoms with van der Waals surface area (Å²) in [6, 6.07) is 10.1. The zero-order chi connectivity index (χ0) is 22.7. The third kappa shape index (κ3) is 5.57. The van der Waals surface area contributed by atoms with Crippen molar-refractivity contribution in [3.8, 4) is 5.75 Å². The second-order valence-corrected chi connectivity index (χ2v) is 9.23. The van der Waals surface area contributed by atoms with Gasteiger partial charge in [0.25, 0.3) is 0 Å². The topological polar surface area (TPSA) is 67.8 Å². The van der Waals surface area contributed by atoms with E-state index in [2.05, 4.69) is 47.7 Å². The summed E-state index contributed by atoms with van der Waals surface area (Å²) in [6.07, 6.45) is 3.84. The van der Waals surface area contributed by atoms with Crippen LogP contribution in [0.5, 0.6) is 5.75 Å². The standard InChI is InChI=1S/C25H34N4O3/c1-17(13-18(2)30)21-5-7-22(8-6-21)32-23-10-12-28(16-23)24-9-11-26-25(27-24)29-14-19(3)31-20(4)15-29/h5-9,11,17,19-20,23H,10,12-16H2,1-4H3/t17-,19-,20+,23-/m1/s1. The van der Waals surface area contributed by atoms with Gasteiger partial charge < -0.3 is 24.1 Å². The third-order valence-electron chi connectivity index (χ3n) is 6.15. The average Bonchev–Trinajstić information content (AvgIpc) is 3.22. The Balaban J connectivity index is 1.35. The van der Waals surface area contributed by atoms with Crippen molar-refractivity contribution < 1.29 is 14.3 Å². The van der Waals surface area contributed by atoms with Crippen molar-refractivity contribution in [2.75, 3.05) is 36.0 Å². The number of rotatable bonds is 7. The minimum Gasteiger partial charge on any atom is -0.489 e. The smallest absolute Gasteiger partial charge is 0.227 e. The molecule has 2 aliphatic rings. The summed E-state index contributed by atoms with van der Waals surface area (Å²) < 4.78 is 12.1. The molecule has 1 aromatic heterocycles. The maximum absolute atomic E-state index is 11.4. The van der Waals surface area contributed by atoms with Gasteiger partial charge in [0.1, 0.15) is 23.5 Å². The van der Waals surface area contributed by atoms with E-state index in [1.54, 1.807) is 6.92 Å². The molecular formula is C25H34N4O3. The van der Waals surface area contributed by atoms with E-state index < -0.39 is 0 Å². The minimum atomic E-state index is 0.123. The highest BCUT2D eigenvalue weighted by molar-refractivity contribution is 5.76. The number of carbonyl (C=O) groups excluding carboxylic acids is 1. The fourth-order valence-electron chi connectivity index (χ4n) is 4.66. The number of nitrogens with zero attached hydrogens (tertiary/aromatic N) is 4. The highest BCUT2D eigenvalue weighted by atomic mass is 16.5. The lowest BCUT2D eigenvalue weighted by atomic mass is 9.96. The fourth-order valence-corrected chi connectivity index (χ4v) is 4.66. The first-order valence-corrected chi connectivity index (χ1v) is 11.6. The van der Waals surface area contributed by atoms with Crippen LogP contribution in [0.25, 0.3) is 0 Å². The second kappa shape index (κ2) is 9.86. The number of Topliss-reactive ketones (excluding diaryl/α,β-unsaturated/α-hetero) is 1. The minimum absolute atomic E-state index is 0.123. The predicted molar refractivity (Wildman–Crippen MR) is 126 cm³/mol. The number of ketones is 1. The van der Waals surface area contributed by atoms with Crippen molar-refractivity contribution in [3.05, 3.63) is 42.1 Å². The van der Waals surface area contributed by atoms with Crippen LogP contribution in [0, 0.1) is 0 Å². The molecule has 2 aliphatic heterocycles. The summed E-state index contributed by atoms with van der Waals surface area (Å²) in [4.78, 5) is 25.2. The Bertz CT molecular complexity index is 910. The number of aromatic nitrogens is 2. The van der Waals surface area contributed by atoms with Gasteiger partial charge in [-0.15, -0.1) is 0 Å². The molecule has 1 aromatic carbocycles. The van der Waals surface area contributed by atoms with Crippen LogP contribution in [0.3, 0.4) is 0 Å². The monoisotopic (exact) mass is 438 g/mol. The Morgan fingerprint density at radius 2 is 1.84 bits per heavy atom. The van der Waals surface area contributed by atoms with Gasteiger partial charge in [-0.1, -0.05) is 19.1 Å². The van der Waals surface area contributed by atoms with Gasteiger partial charge in [0.05, 0.1) is 18.8 Å². The van der Waals surface area contributed by atoms with Gasteiger partial charge in [-0.3, -0.25) is 0 Å². The molecule has 0 aliphatic carbocycles. The molecule has 0 saturated carbocycles. The number of hydrogen-bond acceptors (Lipinski definition) is 7. The number of hydrogen-bond donors (Lipinski definition) is 0. The number of morpholine rings is 1. The third-order valence-corrected chi connectivity index (χ3v) is 6.15. The molecule has 7 nitrogen and oxygen atoms in total. The van der Waals surface area contributed by atoms with Gasteiger partial charge >= 0.3 is 0 Å². The Kier molecular flexibility index (Phi) is 6.94. The zero-order valence-electron chi connectivity index (χ0n) is 19.5. The van der Waals surface area contributed by atoms with E-state index in [9.17, 15) is 4.79 Å². The zero-order valence-corrected chi connectivity index (χ0v) is 19.5. The van der Waals surface area contributed by atoms with Crippen molar-refractivity contribution in [1.82, 2.24) is 9.97 Å². The van der Waals surface area contributed by atoms with Gasteiger partial charge in [0, 0.05) is 38.7 Å². The van der Waals surface area contributed by atoms with Gasteiger partial charge in [-0.25, -0.2) is 4.98 Å². The lowest BCUT2D eigenvalue weighted by Crippen LogP contribution is -2.46. The summed E-state index contributed by atoms with van der Waals surface area (Å²) in [7, 11) is 0. The first kappa shape index (κ1) is 22.5. The lowest BCUT2D eigenvalue weighted by Gasteiger charge is -2.35. The Morgan fingerprint density at radius 3 is 2.53 bits per heavy atom. The van der Waals surface area contributed by atoms with Crippen molar-refractivity contribution >= 4 is 17.5 Å². The Labute approximate surface area is 190 Å². The van der Waals surface area contributed by atoms with Crippen LogP contribution in [-0.2, 0) is 9.53 Å². The molecule has 2 aromatic rings. The maximum Gasteiger partial charge on any atom is 0.227 e. The molecule has 0 unspecified atom stereocenters. The highest BCUT2D eigenvalue weighted by Gasteiger charge is 2.27.